The lowest BCUT2D eigenvalue weighted by atomic mass is 9.99. The number of methoxy groups -OCH3 is 1. The Labute approximate surface area is 129 Å². The van der Waals surface area contributed by atoms with Gasteiger partial charge in [0.1, 0.15) is 11.6 Å². The molecule has 0 radical (unpaired) electrons. The van der Waals surface area contributed by atoms with E-state index < -0.39 is 6.10 Å². The lowest BCUT2D eigenvalue weighted by Gasteiger charge is -2.14. The van der Waals surface area contributed by atoms with Crippen molar-refractivity contribution in [2.45, 2.75) is 25.9 Å². The van der Waals surface area contributed by atoms with Gasteiger partial charge < -0.3 is 9.84 Å². The van der Waals surface area contributed by atoms with Crippen LogP contribution in [0.15, 0.2) is 36.4 Å². The second-order valence-electron chi connectivity index (χ2n) is 5.03. The number of hydrogen-bond donors (Lipinski definition) is 1. The average molecular weight is 309 g/mol. The topological polar surface area (TPSA) is 29.5 Å². The van der Waals surface area contributed by atoms with Crippen molar-refractivity contribution in [3.05, 3.63) is 63.9 Å². The molecular formula is C17H18ClFO2. The maximum Gasteiger partial charge on any atom is 0.127 e. The molecule has 0 fully saturated rings. The van der Waals surface area contributed by atoms with Gasteiger partial charge in [0, 0.05) is 5.02 Å². The first-order valence-corrected chi connectivity index (χ1v) is 7.15. The minimum atomic E-state index is -0.709. The van der Waals surface area contributed by atoms with Crippen LogP contribution < -0.4 is 4.74 Å². The molecular weight excluding hydrogens is 291 g/mol. The molecule has 0 saturated carbocycles. The van der Waals surface area contributed by atoms with E-state index in [2.05, 4.69) is 0 Å². The summed E-state index contributed by atoms with van der Waals surface area (Å²) in [5, 5.41) is 10.5. The molecule has 0 heterocycles. The van der Waals surface area contributed by atoms with Gasteiger partial charge in [0.15, 0.2) is 0 Å². The van der Waals surface area contributed by atoms with Gasteiger partial charge in [0.05, 0.1) is 13.2 Å². The van der Waals surface area contributed by atoms with Crippen molar-refractivity contribution in [3.63, 3.8) is 0 Å². The summed E-state index contributed by atoms with van der Waals surface area (Å²) in [5.74, 6) is 0.447. The Morgan fingerprint density at radius 3 is 2.52 bits per heavy atom. The number of aliphatic hydroxyl groups is 1. The molecule has 1 atom stereocenters. The molecule has 2 aromatic carbocycles. The fourth-order valence-electron chi connectivity index (χ4n) is 2.19. The maximum atomic E-state index is 13.4. The fraction of sp³-hybridized carbons (Fsp3) is 0.294. The molecule has 0 amide bonds. The molecule has 0 saturated heterocycles. The molecule has 1 N–H and O–H groups in total. The zero-order valence-corrected chi connectivity index (χ0v) is 12.8. The third-order valence-corrected chi connectivity index (χ3v) is 3.83. The summed E-state index contributed by atoms with van der Waals surface area (Å²) in [6.45, 7) is 1.66. The van der Waals surface area contributed by atoms with Crippen molar-refractivity contribution in [1.82, 2.24) is 0 Å². The minimum Gasteiger partial charge on any atom is -0.497 e. The number of ether oxygens (including phenoxy) is 1. The maximum absolute atomic E-state index is 13.4. The number of hydrogen-bond acceptors (Lipinski definition) is 2. The highest BCUT2D eigenvalue weighted by Crippen LogP contribution is 2.29. The Balaban J connectivity index is 2.04. The lowest BCUT2D eigenvalue weighted by molar-refractivity contribution is 0.168. The van der Waals surface area contributed by atoms with E-state index in [0.717, 1.165) is 11.3 Å². The number of benzene rings is 2. The standard InChI is InChI=1S/C17H18ClFO2/c1-11-9-14(15(18)10-16(11)19)17(20)8-5-12-3-6-13(21-2)7-4-12/h3-4,6-7,9-10,17,20H,5,8H2,1-2H3. The number of aliphatic hydroxyl groups excluding tert-OH is 1. The van der Waals surface area contributed by atoms with Crippen molar-refractivity contribution < 1.29 is 14.2 Å². The Morgan fingerprint density at radius 2 is 1.90 bits per heavy atom. The van der Waals surface area contributed by atoms with Crippen LogP contribution in [0.4, 0.5) is 4.39 Å². The molecule has 0 spiro atoms. The molecule has 0 aliphatic rings. The van der Waals surface area contributed by atoms with Gasteiger partial charge >= 0.3 is 0 Å². The van der Waals surface area contributed by atoms with Crippen molar-refractivity contribution >= 4 is 11.6 Å². The van der Waals surface area contributed by atoms with Crippen LogP contribution in [0, 0.1) is 12.7 Å². The third kappa shape index (κ3) is 3.96. The van der Waals surface area contributed by atoms with E-state index in [1.54, 1.807) is 20.1 Å². The Bertz CT molecular complexity index is 611. The van der Waals surface area contributed by atoms with Crippen molar-refractivity contribution in [1.29, 1.82) is 0 Å². The zero-order chi connectivity index (χ0) is 15.4. The summed E-state index contributed by atoms with van der Waals surface area (Å²) in [6.07, 6.45) is 0.522. The molecule has 2 rings (SSSR count). The Morgan fingerprint density at radius 1 is 1.24 bits per heavy atom. The Kier molecular flexibility index (Phi) is 5.21. The first kappa shape index (κ1) is 15.8. The molecule has 21 heavy (non-hydrogen) atoms. The summed E-state index contributed by atoms with van der Waals surface area (Å²) >= 11 is 6.00. The number of rotatable bonds is 5. The first-order valence-electron chi connectivity index (χ1n) is 6.78. The second kappa shape index (κ2) is 6.92. The van der Waals surface area contributed by atoms with Crippen LogP contribution in [0.25, 0.3) is 0 Å². The van der Waals surface area contributed by atoms with Gasteiger partial charge in [-0.25, -0.2) is 4.39 Å². The second-order valence-corrected chi connectivity index (χ2v) is 5.43. The van der Waals surface area contributed by atoms with E-state index in [1.807, 2.05) is 24.3 Å². The molecule has 112 valence electrons. The third-order valence-electron chi connectivity index (χ3n) is 3.50. The number of halogens is 2. The van der Waals surface area contributed by atoms with E-state index in [0.29, 0.717) is 24.0 Å². The van der Waals surface area contributed by atoms with Crippen LogP contribution >= 0.6 is 11.6 Å². The SMILES string of the molecule is COc1ccc(CCC(O)c2cc(C)c(F)cc2Cl)cc1. The van der Waals surface area contributed by atoms with Crippen LogP contribution in [0.3, 0.4) is 0 Å². The summed E-state index contributed by atoms with van der Waals surface area (Å²) < 4.78 is 18.5. The molecule has 0 bridgehead atoms. The van der Waals surface area contributed by atoms with Crippen LogP contribution in [0.2, 0.25) is 5.02 Å². The Hall–Kier alpha value is -1.58. The van der Waals surface area contributed by atoms with Gasteiger partial charge in [0.25, 0.3) is 0 Å². The predicted molar refractivity (Wildman–Crippen MR) is 82.4 cm³/mol. The van der Waals surface area contributed by atoms with E-state index >= 15 is 0 Å². The normalized spacial score (nSPS) is 12.2. The van der Waals surface area contributed by atoms with E-state index in [1.165, 1.54) is 6.07 Å². The van der Waals surface area contributed by atoms with Crippen LogP contribution in [0.1, 0.15) is 29.2 Å². The minimum absolute atomic E-state index is 0.264. The number of aryl methyl sites for hydroxylation is 2. The summed E-state index contributed by atoms with van der Waals surface area (Å²) in [7, 11) is 1.62. The highest BCUT2D eigenvalue weighted by molar-refractivity contribution is 6.31. The van der Waals surface area contributed by atoms with Crippen molar-refractivity contribution in [2.24, 2.45) is 0 Å². The van der Waals surface area contributed by atoms with Gasteiger partial charge in [0.2, 0.25) is 0 Å². The summed E-state index contributed by atoms with van der Waals surface area (Å²) in [6, 6.07) is 10.6. The molecule has 2 nitrogen and oxygen atoms in total. The van der Waals surface area contributed by atoms with Crippen LogP contribution in [0.5, 0.6) is 5.75 Å². The zero-order valence-electron chi connectivity index (χ0n) is 12.1. The van der Waals surface area contributed by atoms with Gasteiger partial charge in [-0.2, -0.15) is 0 Å². The lowest BCUT2D eigenvalue weighted by Crippen LogP contribution is -2.02. The molecule has 4 heteroatoms. The monoisotopic (exact) mass is 308 g/mol. The largest absolute Gasteiger partial charge is 0.497 e. The summed E-state index contributed by atoms with van der Waals surface area (Å²) in [4.78, 5) is 0. The molecule has 0 aliphatic carbocycles. The average Bonchev–Trinajstić information content (AvgIpc) is 2.49. The predicted octanol–water partition coefficient (Wildman–Crippen LogP) is 4.46. The van der Waals surface area contributed by atoms with E-state index in [-0.39, 0.29) is 10.8 Å². The quantitative estimate of drug-likeness (QED) is 0.883. The molecule has 0 aromatic heterocycles. The van der Waals surface area contributed by atoms with Crippen LogP contribution in [-0.2, 0) is 6.42 Å². The van der Waals surface area contributed by atoms with Crippen LogP contribution in [-0.4, -0.2) is 12.2 Å². The first-order chi connectivity index (χ1) is 10.0. The van der Waals surface area contributed by atoms with E-state index in [4.69, 9.17) is 16.3 Å². The van der Waals surface area contributed by atoms with Gasteiger partial charge in [-0.3, -0.25) is 0 Å². The highest BCUT2D eigenvalue weighted by atomic mass is 35.5. The van der Waals surface area contributed by atoms with Gasteiger partial charge in [-0.1, -0.05) is 23.7 Å². The smallest absolute Gasteiger partial charge is 0.127 e. The summed E-state index contributed by atoms with van der Waals surface area (Å²) in [5.41, 5.74) is 2.16. The molecule has 2 aromatic rings. The molecule has 1 unspecified atom stereocenters. The van der Waals surface area contributed by atoms with Crippen molar-refractivity contribution in [3.8, 4) is 5.75 Å². The van der Waals surface area contributed by atoms with Gasteiger partial charge in [-0.15, -0.1) is 0 Å². The highest BCUT2D eigenvalue weighted by Gasteiger charge is 2.14. The van der Waals surface area contributed by atoms with E-state index in [9.17, 15) is 9.50 Å². The van der Waals surface area contributed by atoms with Gasteiger partial charge in [-0.05, 0) is 60.7 Å². The fourth-order valence-corrected chi connectivity index (χ4v) is 2.46. The van der Waals surface area contributed by atoms with Crippen molar-refractivity contribution in [2.75, 3.05) is 7.11 Å². The molecule has 0 aliphatic heterocycles.